The molecule has 1 aliphatic heterocycles. The van der Waals surface area contributed by atoms with Gasteiger partial charge in [0.05, 0.1) is 6.10 Å². The summed E-state index contributed by atoms with van der Waals surface area (Å²) in [7, 11) is 1.64. The van der Waals surface area contributed by atoms with Gasteiger partial charge in [0, 0.05) is 25.8 Å². The molecule has 2 heterocycles. The molecule has 0 aliphatic carbocycles. The molecular weight excluding hydrogens is 284 g/mol. The molecule has 1 aromatic heterocycles. The van der Waals surface area contributed by atoms with E-state index < -0.39 is 12.5 Å². The van der Waals surface area contributed by atoms with Crippen molar-refractivity contribution in [2.24, 2.45) is 0 Å². The summed E-state index contributed by atoms with van der Waals surface area (Å²) in [5.41, 5.74) is 0.220. The van der Waals surface area contributed by atoms with Crippen molar-refractivity contribution in [3.8, 4) is 0 Å². The van der Waals surface area contributed by atoms with E-state index in [4.69, 9.17) is 4.74 Å². The summed E-state index contributed by atoms with van der Waals surface area (Å²) in [6, 6.07) is 2.82. The summed E-state index contributed by atoms with van der Waals surface area (Å²) in [5, 5.41) is 2.56. The number of nitrogens with one attached hydrogen (secondary N) is 1. The lowest BCUT2D eigenvalue weighted by Gasteiger charge is -2.29. The molecule has 1 atom stereocenters. The van der Waals surface area contributed by atoms with Gasteiger partial charge in [0.15, 0.2) is 0 Å². The zero-order valence-corrected chi connectivity index (χ0v) is 11.8. The summed E-state index contributed by atoms with van der Waals surface area (Å²) < 4.78 is 31.7. The Balaban J connectivity index is 1.95. The molecule has 0 bridgehead atoms. The predicted molar refractivity (Wildman–Crippen MR) is 70.1 cm³/mol. The maximum Gasteiger partial charge on any atom is 0.319 e. The number of alkyl halides is 2. The molecule has 1 aromatic rings. The Hall–Kier alpha value is -1.96. The lowest BCUT2D eigenvalue weighted by Crippen LogP contribution is -2.48. The van der Waals surface area contributed by atoms with Gasteiger partial charge in [0.25, 0.3) is 5.91 Å². The summed E-state index contributed by atoms with van der Waals surface area (Å²) >= 11 is 0. The monoisotopic (exact) mass is 301 g/mol. The fourth-order valence-corrected chi connectivity index (χ4v) is 2.17. The molecule has 6 nitrogen and oxygen atoms in total. The first kappa shape index (κ1) is 15.4. The molecule has 1 aliphatic rings. The number of rotatable bonds is 4. The van der Waals surface area contributed by atoms with Gasteiger partial charge in [-0.2, -0.15) is 8.78 Å². The van der Waals surface area contributed by atoms with E-state index in [0.29, 0.717) is 16.8 Å². The number of aromatic nitrogens is 1. The Morgan fingerprint density at radius 1 is 1.52 bits per heavy atom. The highest BCUT2D eigenvalue weighted by atomic mass is 19.3. The second-order valence-corrected chi connectivity index (χ2v) is 4.92. The highest BCUT2D eigenvalue weighted by molar-refractivity contribution is 5.93. The molecule has 0 radical (unpaired) electrons. The van der Waals surface area contributed by atoms with Crippen molar-refractivity contribution < 1.29 is 23.1 Å². The van der Waals surface area contributed by atoms with Crippen LogP contribution in [0.5, 0.6) is 0 Å². The number of likely N-dealkylation sites (N-methyl/N-ethyl adjacent to an activating group) is 1. The third kappa shape index (κ3) is 3.38. The van der Waals surface area contributed by atoms with E-state index in [9.17, 15) is 18.4 Å². The van der Waals surface area contributed by atoms with Gasteiger partial charge in [-0.1, -0.05) is 0 Å². The zero-order valence-electron chi connectivity index (χ0n) is 11.8. The minimum atomic E-state index is -2.77. The molecule has 0 spiro atoms. The van der Waals surface area contributed by atoms with E-state index in [0.717, 1.165) is 0 Å². The van der Waals surface area contributed by atoms with Crippen LogP contribution in [0.4, 0.5) is 8.78 Å². The van der Waals surface area contributed by atoms with E-state index in [1.807, 2.05) is 0 Å². The van der Waals surface area contributed by atoms with Crippen LogP contribution >= 0.6 is 0 Å². The van der Waals surface area contributed by atoms with Crippen molar-refractivity contribution in [3.63, 3.8) is 0 Å². The summed E-state index contributed by atoms with van der Waals surface area (Å²) in [4.78, 5) is 24.7. The number of ether oxygens (including phenoxy) is 1. The molecule has 8 heteroatoms. The van der Waals surface area contributed by atoms with Crippen LogP contribution in [-0.2, 0) is 9.53 Å². The minimum Gasteiger partial charge on any atom is -0.365 e. The highest BCUT2D eigenvalue weighted by Gasteiger charge is 2.25. The first-order valence-corrected chi connectivity index (χ1v) is 6.50. The van der Waals surface area contributed by atoms with Crippen LogP contribution in [0.2, 0.25) is 0 Å². The lowest BCUT2D eigenvalue weighted by atomic mass is 10.2. The number of nitrogens with zero attached hydrogens (tertiary/aromatic N) is 2. The molecule has 1 saturated heterocycles. The molecule has 1 fully saturated rings. The minimum absolute atomic E-state index is 0.0381. The van der Waals surface area contributed by atoms with Crippen LogP contribution in [-0.4, -0.2) is 54.1 Å². The Labute approximate surface area is 120 Å². The predicted octanol–water partition coefficient (Wildman–Crippen LogP) is 0.779. The summed E-state index contributed by atoms with van der Waals surface area (Å²) in [6.45, 7) is -0.787. The molecule has 21 heavy (non-hydrogen) atoms. The largest absolute Gasteiger partial charge is 0.365 e. The van der Waals surface area contributed by atoms with Gasteiger partial charge in [-0.25, -0.2) is 0 Å². The zero-order chi connectivity index (χ0) is 15.6. The quantitative estimate of drug-likeness (QED) is 0.894. The summed E-state index contributed by atoms with van der Waals surface area (Å²) in [6.07, 6.45) is -0.340. The van der Waals surface area contributed by atoms with E-state index >= 15 is 0 Å². The van der Waals surface area contributed by atoms with Crippen molar-refractivity contribution in [3.05, 3.63) is 23.5 Å². The number of hydrogen-bond acceptors (Lipinski definition) is 3. The Morgan fingerprint density at radius 2 is 2.24 bits per heavy atom. The second-order valence-electron chi connectivity index (χ2n) is 4.92. The lowest BCUT2D eigenvalue weighted by molar-refractivity contribution is -0.146. The van der Waals surface area contributed by atoms with Gasteiger partial charge in [0.2, 0.25) is 5.91 Å². The third-order valence-corrected chi connectivity index (χ3v) is 3.39. The Bertz CT molecular complexity index is 545. The van der Waals surface area contributed by atoms with Crippen LogP contribution in [0.1, 0.15) is 22.7 Å². The molecule has 0 unspecified atom stereocenters. The maximum atomic E-state index is 12.9. The number of carbonyl (C=O) groups excluding carboxylic acids is 2. The third-order valence-electron chi connectivity index (χ3n) is 3.39. The summed E-state index contributed by atoms with van der Waals surface area (Å²) in [5.74, 6) is -0.716. The van der Waals surface area contributed by atoms with Gasteiger partial charge in [-0.05, 0) is 19.1 Å². The fourth-order valence-electron chi connectivity index (χ4n) is 2.17. The van der Waals surface area contributed by atoms with Crippen LogP contribution in [0.3, 0.4) is 0 Å². The van der Waals surface area contributed by atoms with Gasteiger partial charge >= 0.3 is 6.55 Å². The molecular formula is C13H17F2N3O3. The van der Waals surface area contributed by atoms with Gasteiger partial charge in [-0.15, -0.1) is 0 Å². The van der Waals surface area contributed by atoms with E-state index in [1.54, 1.807) is 7.05 Å². The van der Waals surface area contributed by atoms with Crippen LogP contribution < -0.4 is 5.32 Å². The molecule has 2 amide bonds. The van der Waals surface area contributed by atoms with Crippen molar-refractivity contribution >= 4 is 11.8 Å². The first-order valence-electron chi connectivity index (χ1n) is 6.50. The number of hydrogen-bond donors (Lipinski definition) is 1. The van der Waals surface area contributed by atoms with Crippen molar-refractivity contribution in [1.82, 2.24) is 14.8 Å². The number of amides is 2. The average molecular weight is 301 g/mol. The highest BCUT2D eigenvalue weighted by Crippen LogP contribution is 2.18. The number of carbonyl (C=O) groups is 2. The standard InChI is InChI=1S/C13H17F2N3O3/c1-8-3-4-10(18(8)13(14)15)12(20)16-5-9-6-17(2)11(19)7-21-9/h3-4,9,13H,5-7H2,1-2H3,(H,16,20)/t9-/m1/s1. The number of morpholine rings is 1. The number of halogens is 2. The van der Waals surface area contributed by atoms with Gasteiger partial charge < -0.3 is 15.0 Å². The van der Waals surface area contributed by atoms with Gasteiger partial charge in [-0.3, -0.25) is 14.2 Å². The molecule has 1 N–H and O–H groups in total. The molecule has 2 rings (SSSR count). The first-order chi connectivity index (χ1) is 9.90. The van der Waals surface area contributed by atoms with Crippen molar-refractivity contribution in [1.29, 1.82) is 0 Å². The van der Waals surface area contributed by atoms with E-state index in [2.05, 4.69) is 5.32 Å². The maximum absolute atomic E-state index is 12.9. The Morgan fingerprint density at radius 3 is 2.86 bits per heavy atom. The fraction of sp³-hybridized carbons (Fsp3) is 0.538. The smallest absolute Gasteiger partial charge is 0.319 e. The second kappa shape index (κ2) is 6.21. The van der Waals surface area contributed by atoms with E-state index in [-0.39, 0.29) is 30.9 Å². The SMILES string of the molecule is Cc1ccc(C(=O)NC[C@@H]2CN(C)C(=O)CO2)n1C(F)F. The average Bonchev–Trinajstić information content (AvgIpc) is 2.82. The topological polar surface area (TPSA) is 63.6 Å². The van der Waals surface area contributed by atoms with Crippen molar-refractivity contribution in [2.75, 3.05) is 26.7 Å². The van der Waals surface area contributed by atoms with Crippen molar-refractivity contribution in [2.45, 2.75) is 19.6 Å². The Kier molecular flexibility index (Phi) is 4.56. The van der Waals surface area contributed by atoms with Gasteiger partial charge in [0.1, 0.15) is 12.3 Å². The molecule has 116 valence electrons. The van der Waals surface area contributed by atoms with E-state index in [1.165, 1.54) is 24.0 Å². The van der Waals surface area contributed by atoms with Crippen LogP contribution in [0, 0.1) is 6.92 Å². The molecule has 0 aromatic carbocycles. The normalized spacial score (nSPS) is 19.2. The molecule has 0 saturated carbocycles. The number of aryl methyl sites for hydroxylation is 1. The van der Waals surface area contributed by atoms with Crippen LogP contribution in [0.25, 0.3) is 0 Å². The van der Waals surface area contributed by atoms with Crippen LogP contribution in [0.15, 0.2) is 12.1 Å².